The largest absolute Gasteiger partial charge is 0.458 e. The molecule has 216 valence electrons. The number of cyclic esters (lactones) is 1. The van der Waals surface area contributed by atoms with Crippen molar-refractivity contribution in [1.82, 2.24) is 0 Å². The van der Waals surface area contributed by atoms with Gasteiger partial charge in [-0.05, 0) is 58.4 Å². The molecule has 0 aliphatic carbocycles. The van der Waals surface area contributed by atoms with E-state index in [-0.39, 0.29) is 35.7 Å². The van der Waals surface area contributed by atoms with Crippen LogP contribution in [-0.2, 0) is 9.53 Å². The highest BCUT2D eigenvalue weighted by Crippen LogP contribution is 2.26. The number of esters is 1. The Morgan fingerprint density at radius 3 is 2.24 bits per heavy atom. The summed E-state index contributed by atoms with van der Waals surface area (Å²) in [4.78, 5) is 13.0. The average molecular weight is 533 g/mol. The van der Waals surface area contributed by atoms with Gasteiger partial charge in [0.15, 0.2) is 0 Å². The number of hydrogen-bond acceptors (Lipinski definition) is 6. The van der Waals surface area contributed by atoms with Gasteiger partial charge in [-0.2, -0.15) is 0 Å². The summed E-state index contributed by atoms with van der Waals surface area (Å²) in [5.74, 6) is -1.22. The summed E-state index contributed by atoms with van der Waals surface area (Å²) in [5, 5.41) is 41.4. The van der Waals surface area contributed by atoms with Gasteiger partial charge in [0, 0.05) is 29.7 Å². The molecule has 9 atom stereocenters. The number of ether oxygens (including phenoxy) is 1. The first-order valence-electron chi connectivity index (χ1n) is 14.1. The second-order valence-corrected chi connectivity index (χ2v) is 11.2. The molecule has 0 aromatic rings. The van der Waals surface area contributed by atoms with Crippen LogP contribution in [-0.4, -0.2) is 56.9 Å². The first-order valence-corrected chi connectivity index (χ1v) is 14.1. The summed E-state index contributed by atoms with van der Waals surface area (Å²) < 4.78 is 5.94. The van der Waals surface area contributed by atoms with Crippen LogP contribution in [0.2, 0.25) is 0 Å². The molecule has 0 radical (unpaired) electrons. The summed E-state index contributed by atoms with van der Waals surface area (Å²) in [6.07, 6.45) is 15.7. The van der Waals surface area contributed by atoms with Crippen LogP contribution in [0.5, 0.6) is 0 Å². The monoisotopic (exact) mass is 532 g/mol. The molecule has 0 saturated carbocycles. The van der Waals surface area contributed by atoms with Crippen molar-refractivity contribution in [3.8, 4) is 0 Å². The van der Waals surface area contributed by atoms with E-state index in [9.17, 15) is 25.2 Å². The minimum Gasteiger partial charge on any atom is -0.458 e. The van der Waals surface area contributed by atoms with Crippen LogP contribution in [0.1, 0.15) is 80.6 Å². The molecule has 4 N–H and O–H groups in total. The predicted octanol–water partition coefficient (Wildman–Crippen LogP) is 5.43. The minimum atomic E-state index is -0.813. The van der Waals surface area contributed by atoms with E-state index in [4.69, 9.17) is 4.74 Å². The fraction of sp³-hybridized carbons (Fsp3) is 0.656. The average Bonchev–Trinajstić information content (AvgIpc) is 2.87. The third kappa shape index (κ3) is 12.2. The molecule has 6 nitrogen and oxygen atoms in total. The Balaban J connectivity index is 3.01. The molecule has 0 spiro atoms. The maximum atomic E-state index is 13.0. The molecule has 38 heavy (non-hydrogen) atoms. The molecule has 9 unspecified atom stereocenters. The van der Waals surface area contributed by atoms with Crippen LogP contribution in [0.15, 0.2) is 59.8 Å². The number of allylic oxidation sites excluding steroid dienone is 6. The molecule has 1 heterocycles. The number of carbonyl (C=O) groups excluding carboxylic acids is 1. The summed E-state index contributed by atoms with van der Waals surface area (Å²) in [6, 6.07) is 0. The Kier molecular flexibility index (Phi) is 15.7. The lowest BCUT2D eigenvalue weighted by atomic mass is 9.84. The van der Waals surface area contributed by atoms with Crippen LogP contribution in [0, 0.1) is 23.7 Å². The van der Waals surface area contributed by atoms with Gasteiger partial charge < -0.3 is 25.2 Å². The number of carbonyl (C=O) groups is 1. The Hall–Kier alpha value is -1.99. The Bertz CT molecular complexity index is 852. The summed E-state index contributed by atoms with van der Waals surface area (Å²) >= 11 is 0. The van der Waals surface area contributed by atoms with E-state index in [2.05, 4.69) is 6.08 Å². The number of aliphatic hydroxyl groups is 4. The molecule has 0 aromatic carbocycles. The van der Waals surface area contributed by atoms with Gasteiger partial charge in [-0.15, -0.1) is 0 Å². The lowest BCUT2D eigenvalue weighted by molar-refractivity contribution is -0.146. The zero-order chi connectivity index (χ0) is 28.8. The first-order chi connectivity index (χ1) is 17.8. The highest BCUT2D eigenvalue weighted by molar-refractivity contribution is 5.88. The fourth-order valence-electron chi connectivity index (χ4n) is 4.53. The second-order valence-electron chi connectivity index (χ2n) is 11.2. The van der Waals surface area contributed by atoms with Crippen LogP contribution in [0.25, 0.3) is 0 Å². The van der Waals surface area contributed by atoms with E-state index >= 15 is 0 Å². The van der Waals surface area contributed by atoms with E-state index in [1.54, 1.807) is 33.8 Å². The van der Waals surface area contributed by atoms with Crippen molar-refractivity contribution in [2.24, 2.45) is 23.7 Å². The summed E-state index contributed by atoms with van der Waals surface area (Å²) in [5.41, 5.74) is 1.37. The van der Waals surface area contributed by atoms with E-state index in [1.165, 1.54) is 0 Å². The van der Waals surface area contributed by atoms with Gasteiger partial charge in [0.2, 0.25) is 0 Å². The van der Waals surface area contributed by atoms with Crippen molar-refractivity contribution in [3.63, 3.8) is 0 Å². The van der Waals surface area contributed by atoms with Gasteiger partial charge in [0.25, 0.3) is 0 Å². The molecule has 1 aliphatic rings. The van der Waals surface area contributed by atoms with Gasteiger partial charge in [-0.3, -0.25) is 0 Å². The quantitative estimate of drug-likeness (QED) is 0.245. The molecule has 0 fully saturated rings. The van der Waals surface area contributed by atoms with Crippen molar-refractivity contribution in [1.29, 1.82) is 0 Å². The summed E-state index contributed by atoms with van der Waals surface area (Å²) in [7, 11) is 0. The molecular formula is C32H52O6. The standard InChI is InChI=1S/C32H52O6/c1-21-19-23(3)28(34)15-13-11-9-8-10-12-14-16-30(38-32(37)24(4)20-21)22(2)17-18-29(35)26(6)31(36)25(5)27(7)33/h8,10,12-15,19-20,22-23,25-31,33-36H,9,11,16-18H2,1-7H3/b10-8+,14-12+,15-13+,21-19-,24-20+. The fourth-order valence-corrected chi connectivity index (χ4v) is 4.53. The highest BCUT2D eigenvalue weighted by atomic mass is 16.5. The third-order valence-electron chi connectivity index (χ3n) is 7.67. The predicted molar refractivity (Wildman–Crippen MR) is 154 cm³/mol. The molecule has 6 heteroatoms. The van der Waals surface area contributed by atoms with Crippen molar-refractivity contribution in [2.75, 3.05) is 0 Å². The van der Waals surface area contributed by atoms with Gasteiger partial charge in [0.1, 0.15) is 6.10 Å². The zero-order valence-corrected chi connectivity index (χ0v) is 24.5. The van der Waals surface area contributed by atoms with Crippen LogP contribution >= 0.6 is 0 Å². The van der Waals surface area contributed by atoms with Crippen LogP contribution in [0.3, 0.4) is 0 Å². The van der Waals surface area contributed by atoms with Crippen molar-refractivity contribution >= 4 is 5.97 Å². The maximum Gasteiger partial charge on any atom is 0.334 e. The third-order valence-corrected chi connectivity index (χ3v) is 7.67. The molecule has 1 aliphatic heterocycles. The number of hydrogen-bond donors (Lipinski definition) is 4. The topological polar surface area (TPSA) is 107 Å². The first kappa shape index (κ1) is 34.0. The van der Waals surface area contributed by atoms with Gasteiger partial charge in [0.05, 0.1) is 24.4 Å². The second kappa shape index (κ2) is 17.6. The molecular weight excluding hydrogens is 480 g/mol. The van der Waals surface area contributed by atoms with E-state index in [0.717, 1.165) is 18.4 Å². The number of rotatable bonds is 8. The normalized spacial score (nSPS) is 32.4. The lowest BCUT2D eigenvalue weighted by Gasteiger charge is -2.31. The van der Waals surface area contributed by atoms with Crippen molar-refractivity contribution in [2.45, 2.75) is 111 Å². The molecule has 0 aromatic heterocycles. The van der Waals surface area contributed by atoms with Crippen molar-refractivity contribution < 1.29 is 30.0 Å². The lowest BCUT2D eigenvalue weighted by Crippen LogP contribution is -2.38. The molecule has 0 bridgehead atoms. The van der Waals surface area contributed by atoms with Crippen molar-refractivity contribution in [3.05, 3.63) is 59.8 Å². The maximum absolute atomic E-state index is 13.0. The zero-order valence-electron chi connectivity index (χ0n) is 24.5. The van der Waals surface area contributed by atoms with E-state index in [1.807, 2.05) is 57.2 Å². The Morgan fingerprint density at radius 2 is 1.58 bits per heavy atom. The molecule has 0 amide bonds. The van der Waals surface area contributed by atoms with E-state index in [0.29, 0.717) is 24.8 Å². The Morgan fingerprint density at radius 1 is 0.947 bits per heavy atom. The SMILES string of the molecule is CC1=C/C(C)C(O)/C=C/CC/C=C/C=C/CC(C(C)CCC(O)C(C)C(O)C(C)C(C)O)OC(=O)\C(C)=C\1. The minimum absolute atomic E-state index is 0.0175. The van der Waals surface area contributed by atoms with Crippen LogP contribution in [0.4, 0.5) is 0 Å². The van der Waals surface area contributed by atoms with Crippen LogP contribution < -0.4 is 0 Å². The van der Waals surface area contributed by atoms with E-state index < -0.39 is 24.4 Å². The summed E-state index contributed by atoms with van der Waals surface area (Å²) in [6.45, 7) is 12.8. The Labute approximate surface area is 230 Å². The number of aliphatic hydroxyl groups excluding tert-OH is 4. The van der Waals surface area contributed by atoms with Gasteiger partial charge >= 0.3 is 5.97 Å². The highest BCUT2D eigenvalue weighted by Gasteiger charge is 2.30. The molecule has 1 rings (SSSR count). The van der Waals surface area contributed by atoms with Gasteiger partial charge in [-0.25, -0.2) is 4.79 Å². The van der Waals surface area contributed by atoms with Gasteiger partial charge in [-0.1, -0.05) is 75.8 Å². The molecule has 0 saturated heterocycles. The smallest absolute Gasteiger partial charge is 0.334 e.